The smallest absolute Gasteiger partial charge is 0.251 e. The summed E-state index contributed by atoms with van der Waals surface area (Å²) in [6.45, 7) is 6.31. The number of hydrogen-bond donors (Lipinski definition) is 1. The number of benzene rings is 2. The van der Waals surface area contributed by atoms with Gasteiger partial charge >= 0.3 is 0 Å². The number of ketones is 1. The third-order valence-corrected chi connectivity index (χ3v) is 5.70. The summed E-state index contributed by atoms with van der Waals surface area (Å²) in [5.74, 6) is 1.98. The van der Waals surface area contributed by atoms with Crippen molar-refractivity contribution in [3.05, 3.63) is 88.4 Å². The number of carbonyl (C=O) groups is 2. The van der Waals surface area contributed by atoms with Crippen molar-refractivity contribution in [1.82, 2.24) is 5.32 Å². The molecule has 0 saturated heterocycles. The van der Waals surface area contributed by atoms with E-state index in [-0.39, 0.29) is 23.7 Å². The van der Waals surface area contributed by atoms with Gasteiger partial charge in [0.1, 0.15) is 17.3 Å². The predicted octanol–water partition coefficient (Wildman–Crippen LogP) is 4.92. The average molecular weight is 445 g/mol. The lowest BCUT2D eigenvalue weighted by molar-refractivity contribution is 0.0945. The zero-order valence-corrected chi connectivity index (χ0v) is 19.4. The van der Waals surface area contributed by atoms with Crippen LogP contribution in [0.4, 0.5) is 0 Å². The van der Waals surface area contributed by atoms with E-state index in [0.29, 0.717) is 23.4 Å². The minimum Gasteiger partial charge on any atom is -0.497 e. The molecule has 170 valence electrons. The molecule has 0 bridgehead atoms. The van der Waals surface area contributed by atoms with Gasteiger partial charge in [0.2, 0.25) is 0 Å². The number of furan rings is 1. The van der Waals surface area contributed by atoms with Crippen molar-refractivity contribution in [2.45, 2.75) is 45.7 Å². The van der Waals surface area contributed by atoms with Crippen LogP contribution in [0, 0.1) is 6.92 Å². The summed E-state index contributed by atoms with van der Waals surface area (Å²) in [5.41, 5.74) is 3.65. The molecule has 1 amide bonds. The molecule has 2 heterocycles. The van der Waals surface area contributed by atoms with E-state index >= 15 is 0 Å². The lowest BCUT2D eigenvalue weighted by atomic mass is 9.85. The van der Waals surface area contributed by atoms with E-state index in [4.69, 9.17) is 14.1 Å². The number of aryl methyl sites for hydroxylation is 1. The second-order valence-electron chi connectivity index (χ2n) is 8.94. The standard InChI is InChI=1S/C27H28N2O4/c1-17-5-11-22(33-17)16-28-26(31)19-8-6-18(7-9-19)25(30)14-24-23-13-21(32-4)12-10-20(23)15-27(2,3)29-24/h5-13H,14-16H2,1-4H3,(H,28,31). The zero-order valence-electron chi connectivity index (χ0n) is 19.4. The molecule has 2 aromatic carbocycles. The maximum absolute atomic E-state index is 13.1. The molecule has 0 fully saturated rings. The molecule has 1 aliphatic heterocycles. The molecule has 0 unspecified atom stereocenters. The van der Waals surface area contributed by atoms with Gasteiger partial charge in [-0.05, 0) is 69.2 Å². The Bertz CT molecular complexity index is 1220. The normalized spacial score (nSPS) is 14.2. The van der Waals surface area contributed by atoms with Crippen LogP contribution in [0.2, 0.25) is 0 Å². The molecule has 6 heteroatoms. The monoisotopic (exact) mass is 444 g/mol. The van der Waals surface area contributed by atoms with Crippen LogP contribution >= 0.6 is 0 Å². The summed E-state index contributed by atoms with van der Waals surface area (Å²) in [5, 5.41) is 2.83. The molecule has 6 nitrogen and oxygen atoms in total. The van der Waals surface area contributed by atoms with Gasteiger partial charge in [0.25, 0.3) is 5.91 Å². The zero-order chi connectivity index (χ0) is 23.6. The number of fused-ring (bicyclic) bond motifs is 1. The minimum absolute atomic E-state index is 0.0433. The molecular weight excluding hydrogens is 416 g/mol. The SMILES string of the molecule is COc1ccc2c(c1)C(CC(=O)c1ccc(C(=O)NCc3ccc(C)o3)cc1)=NC(C)(C)C2. The van der Waals surface area contributed by atoms with Crippen LogP contribution in [-0.2, 0) is 13.0 Å². The molecule has 0 atom stereocenters. The van der Waals surface area contributed by atoms with Gasteiger partial charge in [0.05, 0.1) is 31.3 Å². The molecular formula is C27H28N2O4. The van der Waals surface area contributed by atoms with Gasteiger partial charge in [0, 0.05) is 16.7 Å². The summed E-state index contributed by atoms with van der Waals surface area (Å²) in [6, 6.07) is 16.3. The molecule has 1 aromatic heterocycles. The number of carbonyl (C=O) groups excluding carboxylic acids is 2. The maximum atomic E-state index is 13.1. The Kier molecular flexibility index (Phi) is 6.18. The van der Waals surface area contributed by atoms with Crippen LogP contribution < -0.4 is 10.1 Å². The van der Waals surface area contributed by atoms with Crippen molar-refractivity contribution < 1.29 is 18.7 Å². The average Bonchev–Trinajstić information content (AvgIpc) is 3.21. The first-order chi connectivity index (χ1) is 15.7. The van der Waals surface area contributed by atoms with Gasteiger partial charge in [-0.3, -0.25) is 14.6 Å². The molecule has 0 radical (unpaired) electrons. The van der Waals surface area contributed by atoms with E-state index in [1.807, 2.05) is 37.3 Å². The summed E-state index contributed by atoms with van der Waals surface area (Å²) in [4.78, 5) is 30.3. The van der Waals surface area contributed by atoms with Crippen LogP contribution in [0.1, 0.15) is 63.6 Å². The molecule has 1 aliphatic rings. The Morgan fingerprint density at radius 2 is 1.79 bits per heavy atom. The van der Waals surface area contributed by atoms with Crippen molar-refractivity contribution in [2.75, 3.05) is 7.11 Å². The number of Topliss-reactive ketones (excluding diaryl/α,β-unsaturated/α-hetero) is 1. The summed E-state index contributed by atoms with van der Waals surface area (Å²) < 4.78 is 10.8. The van der Waals surface area contributed by atoms with Crippen LogP contribution in [0.5, 0.6) is 5.75 Å². The van der Waals surface area contributed by atoms with Gasteiger partial charge in [-0.2, -0.15) is 0 Å². The second-order valence-corrected chi connectivity index (χ2v) is 8.94. The third kappa shape index (κ3) is 5.22. The van der Waals surface area contributed by atoms with E-state index in [1.54, 1.807) is 31.4 Å². The number of hydrogen-bond acceptors (Lipinski definition) is 5. The number of aliphatic imine (C=N–C) groups is 1. The van der Waals surface area contributed by atoms with Crippen molar-refractivity contribution in [3.8, 4) is 5.75 Å². The second kappa shape index (κ2) is 9.06. The quantitative estimate of drug-likeness (QED) is 0.524. The van der Waals surface area contributed by atoms with E-state index in [9.17, 15) is 9.59 Å². The molecule has 0 aliphatic carbocycles. The Labute approximate surface area is 193 Å². The molecule has 33 heavy (non-hydrogen) atoms. The number of amides is 1. The first-order valence-corrected chi connectivity index (χ1v) is 11.0. The predicted molar refractivity (Wildman–Crippen MR) is 127 cm³/mol. The highest BCUT2D eigenvalue weighted by atomic mass is 16.5. The van der Waals surface area contributed by atoms with Crippen LogP contribution in [-0.4, -0.2) is 30.1 Å². The molecule has 0 spiro atoms. The van der Waals surface area contributed by atoms with E-state index in [1.165, 1.54) is 0 Å². The molecule has 1 N–H and O–H groups in total. The van der Waals surface area contributed by atoms with Gasteiger partial charge < -0.3 is 14.5 Å². The number of nitrogens with zero attached hydrogens (tertiary/aromatic N) is 1. The van der Waals surface area contributed by atoms with Crippen LogP contribution in [0.3, 0.4) is 0 Å². The van der Waals surface area contributed by atoms with Crippen LogP contribution in [0.15, 0.2) is 64.0 Å². The molecule has 0 saturated carbocycles. The van der Waals surface area contributed by atoms with Gasteiger partial charge in [-0.15, -0.1) is 0 Å². The van der Waals surface area contributed by atoms with Crippen molar-refractivity contribution in [3.63, 3.8) is 0 Å². The largest absolute Gasteiger partial charge is 0.497 e. The number of methoxy groups -OCH3 is 1. The van der Waals surface area contributed by atoms with Gasteiger partial charge in [0.15, 0.2) is 5.78 Å². The first kappa shape index (κ1) is 22.5. The third-order valence-electron chi connectivity index (χ3n) is 5.70. The fourth-order valence-corrected chi connectivity index (χ4v) is 4.08. The van der Waals surface area contributed by atoms with Crippen molar-refractivity contribution in [2.24, 2.45) is 4.99 Å². The van der Waals surface area contributed by atoms with E-state index in [0.717, 1.165) is 34.8 Å². The number of ether oxygens (including phenoxy) is 1. The number of rotatable bonds is 7. The topological polar surface area (TPSA) is 80.9 Å². The fourth-order valence-electron chi connectivity index (χ4n) is 4.08. The van der Waals surface area contributed by atoms with E-state index < -0.39 is 0 Å². The molecule has 3 aromatic rings. The Morgan fingerprint density at radius 1 is 1.06 bits per heavy atom. The Hall–Kier alpha value is -3.67. The summed E-state index contributed by atoms with van der Waals surface area (Å²) in [6.07, 6.45) is 0.998. The maximum Gasteiger partial charge on any atom is 0.251 e. The highest BCUT2D eigenvalue weighted by Crippen LogP contribution is 2.31. The van der Waals surface area contributed by atoms with Crippen LogP contribution in [0.25, 0.3) is 0 Å². The van der Waals surface area contributed by atoms with E-state index in [2.05, 4.69) is 19.2 Å². The summed E-state index contributed by atoms with van der Waals surface area (Å²) in [7, 11) is 1.63. The van der Waals surface area contributed by atoms with Gasteiger partial charge in [-0.1, -0.05) is 18.2 Å². The van der Waals surface area contributed by atoms with Gasteiger partial charge in [-0.25, -0.2) is 0 Å². The lowest BCUT2D eigenvalue weighted by Crippen LogP contribution is -2.30. The lowest BCUT2D eigenvalue weighted by Gasteiger charge is -2.29. The van der Waals surface area contributed by atoms with Crippen molar-refractivity contribution in [1.29, 1.82) is 0 Å². The minimum atomic E-state index is -0.272. The highest BCUT2D eigenvalue weighted by Gasteiger charge is 2.28. The number of nitrogens with one attached hydrogen (secondary N) is 1. The molecule has 4 rings (SSSR count). The fraction of sp³-hybridized carbons (Fsp3) is 0.296. The summed E-state index contributed by atoms with van der Waals surface area (Å²) >= 11 is 0. The van der Waals surface area contributed by atoms with Crippen molar-refractivity contribution >= 4 is 17.4 Å². The Morgan fingerprint density at radius 3 is 2.45 bits per heavy atom. The Balaban J connectivity index is 1.46. The highest BCUT2D eigenvalue weighted by molar-refractivity contribution is 6.17. The first-order valence-electron chi connectivity index (χ1n) is 11.0.